The number of hydrogen-bond donors (Lipinski definition) is 2. The van der Waals surface area contributed by atoms with Crippen LogP contribution in [0, 0.1) is 0 Å². The van der Waals surface area contributed by atoms with Gasteiger partial charge in [-0.2, -0.15) is 0 Å². The van der Waals surface area contributed by atoms with Gasteiger partial charge in [-0.15, -0.1) is 11.3 Å². The fraction of sp³-hybridized carbons (Fsp3) is 0.182. The summed E-state index contributed by atoms with van der Waals surface area (Å²) in [6, 6.07) is 5.51. The minimum Gasteiger partial charge on any atom is -0.495 e. The molecule has 2 aromatic rings. The second-order valence-electron chi connectivity index (χ2n) is 3.32. The average molecular weight is 314 g/mol. The second-order valence-corrected chi connectivity index (χ2v) is 5.13. The molecule has 1 unspecified atom stereocenters. The summed E-state index contributed by atoms with van der Waals surface area (Å²) in [5, 5.41) is 2.00. The Morgan fingerprint density at radius 2 is 2.35 bits per heavy atom. The molecule has 2 heterocycles. The summed E-state index contributed by atoms with van der Waals surface area (Å²) in [7, 11) is 1.62. The smallest absolute Gasteiger partial charge is 0.142 e. The van der Waals surface area contributed by atoms with Gasteiger partial charge in [-0.05, 0) is 39.5 Å². The van der Waals surface area contributed by atoms with E-state index in [-0.39, 0.29) is 6.04 Å². The molecule has 0 amide bonds. The summed E-state index contributed by atoms with van der Waals surface area (Å²) in [5.41, 5.74) is 3.55. The average Bonchev–Trinajstić information content (AvgIpc) is 2.78. The van der Waals surface area contributed by atoms with E-state index in [1.165, 1.54) is 0 Å². The predicted octanol–water partition coefficient (Wildman–Crippen LogP) is 2.47. The number of aromatic nitrogens is 1. The van der Waals surface area contributed by atoms with Crippen molar-refractivity contribution in [1.82, 2.24) is 10.4 Å². The molecule has 17 heavy (non-hydrogen) atoms. The predicted molar refractivity (Wildman–Crippen MR) is 72.0 cm³/mol. The Labute approximate surface area is 112 Å². The molecule has 90 valence electrons. The summed E-state index contributed by atoms with van der Waals surface area (Å²) in [5.74, 6) is 6.35. The molecule has 0 bridgehead atoms. The van der Waals surface area contributed by atoms with E-state index in [0.717, 1.165) is 20.8 Å². The van der Waals surface area contributed by atoms with Crippen molar-refractivity contribution >= 4 is 27.3 Å². The van der Waals surface area contributed by atoms with Crippen LogP contribution in [-0.2, 0) is 0 Å². The van der Waals surface area contributed by atoms with Crippen molar-refractivity contribution in [2.75, 3.05) is 7.11 Å². The number of nitrogens with zero attached hydrogens (tertiary/aromatic N) is 1. The summed E-state index contributed by atoms with van der Waals surface area (Å²) in [6.07, 6.45) is 1.73. The van der Waals surface area contributed by atoms with Crippen molar-refractivity contribution in [1.29, 1.82) is 0 Å². The van der Waals surface area contributed by atoms with Crippen LogP contribution < -0.4 is 16.0 Å². The third kappa shape index (κ3) is 2.50. The van der Waals surface area contributed by atoms with E-state index in [1.54, 1.807) is 24.6 Å². The second kappa shape index (κ2) is 5.59. The molecular formula is C11H12BrN3OS. The summed E-state index contributed by atoms with van der Waals surface area (Å²) < 4.78 is 6.31. The molecule has 0 saturated heterocycles. The topological polar surface area (TPSA) is 60.2 Å². The first-order valence-corrected chi connectivity index (χ1v) is 6.63. The van der Waals surface area contributed by atoms with Gasteiger partial charge in [0.2, 0.25) is 0 Å². The van der Waals surface area contributed by atoms with Crippen LogP contribution in [0.15, 0.2) is 34.2 Å². The number of ether oxygens (including phenoxy) is 1. The lowest BCUT2D eigenvalue weighted by Gasteiger charge is -2.17. The highest BCUT2D eigenvalue weighted by Crippen LogP contribution is 2.35. The first kappa shape index (κ1) is 12.5. The molecule has 0 aliphatic heterocycles. The molecule has 0 spiro atoms. The quantitative estimate of drug-likeness (QED) is 0.672. The Hall–Kier alpha value is -0.950. The fourth-order valence-corrected chi connectivity index (χ4v) is 3.25. The normalized spacial score (nSPS) is 12.4. The summed E-state index contributed by atoms with van der Waals surface area (Å²) in [6.45, 7) is 0. The molecule has 0 aliphatic rings. The summed E-state index contributed by atoms with van der Waals surface area (Å²) >= 11 is 5.11. The molecule has 0 aliphatic carbocycles. The van der Waals surface area contributed by atoms with Gasteiger partial charge in [-0.3, -0.25) is 10.8 Å². The maximum Gasteiger partial charge on any atom is 0.142 e. The van der Waals surface area contributed by atoms with Gasteiger partial charge in [0.05, 0.1) is 7.11 Å². The van der Waals surface area contributed by atoms with E-state index in [9.17, 15) is 0 Å². The van der Waals surface area contributed by atoms with Crippen molar-refractivity contribution in [2.45, 2.75) is 6.04 Å². The maximum absolute atomic E-state index is 5.63. The minimum atomic E-state index is -0.180. The van der Waals surface area contributed by atoms with E-state index >= 15 is 0 Å². The number of thiophene rings is 1. The van der Waals surface area contributed by atoms with Crippen LogP contribution in [0.25, 0.3) is 0 Å². The molecule has 0 fully saturated rings. The van der Waals surface area contributed by atoms with E-state index in [0.29, 0.717) is 0 Å². The molecule has 0 aromatic carbocycles. The van der Waals surface area contributed by atoms with Gasteiger partial charge in [-0.25, -0.2) is 5.43 Å². The monoisotopic (exact) mass is 313 g/mol. The van der Waals surface area contributed by atoms with E-state index in [1.807, 2.05) is 23.6 Å². The van der Waals surface area contributed by atoms with Gasteiger partial charge < -0.3 is 4.74 Å². The molecule has 2 rings (SSSR count). The van der Waals surface area contributed by atoms with Crippen LogP contribution in [0.1, 0.15) is 16.6 Å². The lowest BCUT2D eigenvalue weighted by Crippen LogP contribution is -2.29. The molecule has 0 radical (unpaired) electrons. The standard InChI is InChI=1S/C11H12BrN3OS/c1-16-8-3-2-5-14-9(8)10(15-13)11-7(12)4-6-17-11/h2-6,10,15H,13H2,1H3. The highest BCUT2D eigenvalue weighted by Gasteiger charge is 2.21. The van der Waals surface area contributed by atoms with Crippen LogP contribution in [0.5, 0.6) is 5.75 Å². The first-order valence-electron chi connectivity index (χ1n) is 4.96. The van der Waals surface area contributed by atoms with E-state index in [2.05, 4.69) is 26.3 Å². The van der Waals surface area contributed by atoms with Gasteiger partial charge in [-0.1, -0.05) is 0 Å². The van der Waals surface area contributed by atoms with Gasteiger partial charge >= 0.3 is 0 Å². The van der Waals surface area contributed by atoms with Crippen LogP contribution in [-0.4, -0.2) is 12.1 Å². The number of methoxy groups -OCH3 is 1. The third-order valence-electron chi connectivity index (χ3n) is 2.37. The fourth-order valence-electron chi connectivity index (χ4n) is 1.58. The van der Waals surface area contributed by atoms with Crippen molar-refractivity contribution < 1.29 is 4.74 Å². The number of nitrogens with two attached hydrogens (primary N) is 1. The van der Waals surface area contributed by atoms with Crippen LogP contribution in [0.3, 0.4) is 0 Å². The van der Waals surface area contributed by atoms with Gasteiger partial charge in [0.15, 0.2) is 0 Å². The SMILES string of the molecule is COc1cccnc1C(NN)c1sccc1Br. The largest absolute Gasteiger partial charge is 0.495 e. The van der Waals surface area contributed by atoms with Gasteiger partial charge in [0.25, 0.3) is 0 Å². The highest BCUT2D eigenvalue weighted by atomic mass is 79.9. The molecular weight excluding hydrogens is 302 g/mol. The Morgan fingerprint density at radius 1 is 1.53 bits per heavy atom. The van der Waals surface area contributed by atoms with Crippen molar-refractivity contribution in [3.8, 4) is 5.75 Å². The number of nitrogens with one attached hydrogen (secondary N) is 1. The number of hydrazine groups is 1. The number of halogens is 1. The Kier molecular flexibility index (Phi) is 4.11. The molecule has 2 aromatic heterocycles. The zero-order valence-electron chi connectivity index (χ0n) is 9.18. The van der Waals surface area contributed by atoms with Gasteiger partial charge in [0.1, 0.15) is 17.5 Å². The third-order valence-corrected chi connectivity index (χ3v) is 4.30. The first-order chi connectivity index (χ1) is 8.27. The number of pyridine rings is 1. The van der Waals surface area contributed by atoms with Crippen molar-refractivity contribution in [3.05, 3.63) is 44.8 Å². The zero-order valence-corrected chi connectivity index (χ0v) is 11.6. The molecule has 6 heteroatoms. The highest BCUT2D eigenvalue weighted by molar-refractivity contribution is 9.10. The maximum atomic E-state index is 5.63. The number of hydrogen-bond acceptors (Lipinski definition) is 5. The number of rotatable bonds is 4. The Morgan fingerprint density at radius 3 is 2.94 bits per heavy atom. The molecule has 1 atom stereocenters. The lowest BCUT2D eigenvalue weighted by molar-refractivity contribution is 0.400. The molecule has 3 N–H and O–H groups in total. The Bertz CT molecular complexity index is 503. The molecule has 4 nitrogen and oxygen atoms in total. The van der Waals surface area contributed by atoms with Crippen LogP contribution in [0.4, 0.5) is 0 Å². The van der Waals surface area contributed by atoms with E-state index in [4.69, 9.17) is 10.6 Å². The van der Waals surface area contributed by atoms with Crippen molar-refractivity contribution in [3.63, 3.8) is 0 Å². The van der Waals surface area contributed by atoms with Crippen LogP contribution in [0.2, 0.25) is 0 Å². The summed E-state index contributed by atoms with van der Waals surface area (Å²) in [4.78, 5) is 5.41. The van der Waals surface area contributed by atoms with Crippen molar-refractivity contribution in [2.24, 2.45) is 5.84 Å². The zero-order chi connectivity index (χ0) is 12.3. The lowest BCUT2D eigenvalue weighted by atomic mass is 10.1. The molecule has 0 saturated carbocycles. The Balaban J connectivity index is 2.46. The van der Waals surface area contributed by atoms with E-state index < -0.39 is 0 Å². The minimum absolute atomic E-state index is 0.180. The van der Waals surface area contributed by atoms with Crippen LogP contribution >= 0.6 is 27.3 Å². The van der Waals surface area contributed by atoms with Gasteiger partial charge in [0, 0.05) is 15.5 Å².